The van der Waals surface area contributed by atoms with Gasteiger partial charge in [0.15, 0.2) is 0 Å². The number of rotatable bonds is 4. The van der Waals surface area contributed by atoms with Crippen molar-refractivity contribution in [1.82, 2.24) is 0 Å². The van der Waals surface area contributed by atoms with E-state index in [4.69, 9.17) is 15.2 Å². The number of anilines is 1. The molecule has 0 aromatic heterocycles. The number of methoxy groups -OCH3 is 1. The smallest absolute Gasteiger partial charge is 0.340 e. The van der Waals surface area contributed by atoms with Crippen LogP contribution in [0.3, 0.4) is 0 Å². The summed E-state index contributed by atoms with van der Waals surface area (Å²) in [4.78, 5) is 11.8. The summed E-state index contributed by atoms with van der Waals surface area (Å²) in [5, 5.41) is 0. The topological polar surface area (TPSA) is 61.5 Å². The lowest BCUT2D eigenvalue weighted by Crippen LogP contribution is -2.08. The Labute approximate surface area is 115 Å². The van der Waals surface area contributed by atoms with Gasteiger partial charge in [0.25, 0.3) is 0 Å². The third kappa shape index (κ3) is 3.26. The fourth-order valence-electron chi connectivity index (χ4n) is 1.69. The fraction of sp³-hybridized carbons (Fsp3) is 0.133. The highest BCUT2D eigenvalue weighted by Crippen LogP contribution is 2.17. The molecule has 0 radical (unpaired) electrons. The Morgan fingerprint density at radius 2 is 2.05 bits per heavy atom. The monoisotopic (exact) mass is 275 g/mol. The van der Waals surface area contributed by atoms with Gasteiger partial charge in [0.1, 0.15) is 18.2 Å². The van der Waals surface area contributed by atoms with Gasteiger partial charge in [-0.05, 0) is 35.9 Å². The van der Waals surface area contributed by atoms with E-state index in [2.05, 4.69) is 0 Å². The summed E-state index contributed by atoms with van der Waals surface area (Å²) < 4.78 is 23.3. The van der Waals surface area contributed by atoms with Gasteiger partial charge in [-0.15, -0.1) is 0 Å². The van der Waals surface area contributed by atoms with Crippen molar-refractivity contribution in [3.63, 3.8) is 0 Å². The molecular weight excluding hydrogens is 261 g/mol. The molecule has 0 aliphatic heterocycles. The Bertz CT molecular complexity index is 628. The number of benzene rings is 2. The lowest BCUT2D eigenvalue weighted by Gasteiger charge is -2.08. The molecule has 0 atom stereocenters. The highest BCUT2D eigenvalue weighted by Gasteiger charge is 2.12. The number of esters is 1. The molecule has 0 spiro atoms. The first-order valence-corrected chi connectivity index (χ1v) is 5.95. The molecule has 2 rings (SSSR count). The van der Waals surface area contributed by atoms with Gasteiger partial charge in [-0.2, -0.15) is 0 Å². The van der Waals surface area contributed by atoms with E-state index in [1.165, 1.54) is 12.1 Å². The van der Waals surface area contributed by atoms with Crippen molar-refractivity contribution in [3.05, 3.63) is 59.4 Å². The summed E-state index contributed by atoms with van der Waals surface area (Å²) in [6.07, 6.45) is 0. The second-order valence-electron chi connectivity index (χ2n) is 4.16. The number of nitrogen functional groups attached to an aromatic ring is 1. The number of carbonyl (C=O) groups is 1. The van der Waals surface area contributed by atoms with Crippen molar-refractivity contribution < 1.29 is 18.7 Å². The van der Waals surface area contributed by atoms with Crippen molar-refractivity contribution in [2.24, 2.45) is 0 Å². The van der Waals surface area contributed by atoms with Gasteiger partial charge in [0.05, 0.1) is 12.7 Å². The van der Waals surface area contributed by atoms with Crippen molar-refractivity contribution in [2.45, 2.75) is 6.61 Å². The fourth-order valence-corrected chi connectivity index (χ4v) is 1.69. The number of hydrogen-bond acceptors (Lipinski definition) is 4. The van der Waals surface area contributed by atoms with E-state index in [9.17, 15) is 9.18 Å². The van der Waals surface area contributed by atoms with Crippen LogP contribution in [-0.4, -0.2) is 13.1 Å². The summed E-state index contributed by atoms with van der Waals surface area (Å²) in [5.74, 6) is -0.527. The lowest BCUT2D eigenvalue weighted by molar-refractivity contribution is 0.0473. The molecule has 2 aromatic rings. The zero-order valence-electron chi connectivity index (χ0n) is 10.9. The van der Waals surface area contributed by atoms with Crippen LogP contribution in [0.5, 0.6) is 5.75 Å². The molecule has 4 nitrogen and oxygen atoms in total. The van der Waals surface area contributed by atoms with Gasteiger partial charge in [0, 0.05) is 5.69 Å². The molecule has 5 heteroatoms. The SMILES string of the molecule is COc1cccc(COC(=O)c2cc(F)ccc2N)c1. The minimum absolute atomic E-state index is 0.0212. The van der Waals surface area contributed by atoms with Gasteiger partial charge in [-0.1, -0.05) is 12.1 Å². The molecule has 2 N–H and O–H groups in total. The Morgan fingerprint density at radius 3 is 2.80 bits per heavy atom. The summed E-state index contributed by atoms with van der Waals surface area (Å²) in [6, 6.07) is 10.7. The maximum absolute atomic E-state index is 13.1. The van der Waals surface area contributed by atoms with E-state index in [0.717, 1.165) is 11.6 Å². The quantitative estimate of drug-likeness (QED) is 0.688. The predicted octanol–water partition coefficient (Wildman–Crippen LogP) is 2.77. The van der Waals surface area contributed by atoms with Gasteiger partial charge in [-0.3, -0.25) is 0 Å². The summed E-state index contributed by atoms with van der Waals surface area (Å²) in [7, 11) is 1.55. The Morgan fingerprint density at radius 1 is 1.25 bits per heavy atom. The molecule has 0 bridgehead atoms. The van der Waals surface area contributed by atoms with E-state index >= 15 is 0 Å². The third-order valence-corrected chi connectivity index (χ3v) is 2.74. The maximum Gasteiger partial charge on any atom is 0.340 e. The Kier molecular flexibility index (Phi) is 4.20. The van der Waals surface area contributed by atoms with E-state index in [1.54, 1.807) is 31.4 Å². The predicted molar refractivity (Wildman–Crippen MR) is 72.9 cm³/mol. The summed E-state index contributed by atoms with van der Waals surface area (Å²) in [6.45, 7) is 0.0615. The van der Waals surface area contributed by atoms with Gasteiger partial charge >= 0.3 is 5.97 Å². The largest absolute Gasteiger partial charge is 0.497 e. The molecular formula is C15H14FNO3. The average Bonchev–Trinajstić information content (AvgIpc) is 2.47. The number of ether oxygens (including phenoxy) is 2. The third-order valence-electron chi connectivity index (χ3n) is 2.74. The van der Waals surface area contributed by atoms with Crippen molar-refractivity contribution in [2.75, 3.05) is 12.8 Å². The van der Waals surface area contributed by atoms with E-state index < -0.39 is 11.8 Å². The van der Waals surface area contributed by atoms with Crippen LogP contribution in [0.1, 0.15) is 15.9 Å². The van der Waals surface area contributed by atoms with Crippen molar-refractivity contribution in [3.8, 4) is 5.75 Å². The highest BCUT2D eigenvalue weighted by atomic mass is 19.1. The average molecular weight is 275 g/mol. The van der Waals surface area contributed by atoms with Crippen molar-refractivity contribution >= 4 is 11.7 Å². The first-order chi connectivity index (χ1) is 9.60. The molecule has 0 saturated carbocycles. The molecule has 20 heavy (non-hydrogen) atoms. The van der Waals surface area contributed by atoms with E-state index in [1.807, 2.05) is 0 Å². The van der Waals surface area contributed by atoms with Crippen LogP contribution in [0.15, 0.2) is 42.5 Å². The Balaban J connectivity index is 2.06. The maximum atomic E-state index is 13.1. The molecule has 0 fully saturated rings. The van der Waals surface area contributed by atoms with Crippen LogP contribution in [0.2, 0.25) is 0 Å². The van der Waals surface area contributed by atoms with Gasteiger partial charge in [0.2, 0.25) is 0 Å². The zero-order chi connectivity index (χ0) is 14.5. The van der Waals surface area contributed by atoms with Crippen LogP contribution >= 0.6 is 0 Å². The normalized spacial score (nSPS) is 10.1. The summed E-state index contributed by atoms with van der Waals surface area (Å²) in [5.41, 5.74) is 6.59. The molecule has 0 amide bonds. The number of halogens is 1. The van der Waals surface area contributed by atoms with Crippen LogP contribution in [0.4, 0.5) is 10.1 Å². The minimum atomic E-state index is -0.662. The van der Waals surface area contributed by atoms with Crippen LogP contribution in [0, 0.1) is 5.82 Å². The summed E-state index contributed by atoms with van der Waals surface area (Å²) >= 11 is 0. The first-order valence-electron chi connectivity index (χ1n) is 5.95. The number of carbonyl (C=O) groups excluding carboxylic acids is 1. The van der Waals surface area contributed by atoms with E-state index in [-0.39, 0.29) is 17.9 Å². The highest BCUT2D eigenvalue weighted by molar-refractivity contribution is 5.95. The Hall–Kier alpha value is -2.56. The number of nitrogens with two attached hydrogens (primary N) is 1. The molecule has 104 valence electrons. The van der Waals surface area contributed by atoms with Gasteiger partial charge in [-0.25, -0.2) is 9.18 Å². The molecule has 0 heterocycles. The second kappa shape index (κ2) is 6.06. The second-order valence-corrected chi connectivity index (χ2v) is 4.16. The minimum Gasteiger partial charge on any atom is -0.497 e. The van der Waals surface area contributed by atoms with Crippen LogP contribution in [0.25, 0.3) is 0 Å². The van der Waals surface area contributed by atoms with Crippen molar-refractivity contribution in [1.29, 1.82) is 0 Å². The first kappa shape index (κ1) is 13.9. The van der Waals surface area contributed by atoms with Gasteiger partial charge < -0.3 is 15.2 Å². The molecule has 0 aliphatic carbocycles. The molecule has 2 aromatic carbocycles. The molecule has 0 aliphatic rings. The zero-order valence-corrected chi connectivity index (χ0v) is 10.9. The molecule has 0 saturated heterocycles. The lowest BCUT2D eigenvalue weighted by atomic mass is 10.2. The van der Waals surface area contributed by atoms with E-state index in [0.29, 0.717) is 5.75 Å². The standard InChI is InChI=1S/C15H14FNO3/c1-19-12-4-2-3-10(7-12)9-20-15(18)13-8-11(16)5-6-14(13)17/h2-8H,9,17H2,1H3. The number of hydrogen-bond donors (Lipinski definition) is 1. The van der Waals surface area contributed by atoms with Crippen LogP contribution < -0.4 is 10.5 Å². The molecule has 0 unspecified atom stereocenters. The van der Waals surface area contributed by atoms with Crippen LogP contribution in [-0.2, 0) is 11.3 Å².